The molecule has 1 aliphatic heterocycles. The van der Waals surface area contributed by atoms with E-state index in [1.807, 2.05) is 42.5 Å². The summed E-state index contributed by atoms with van der Waals surface area (Å²) in [6.07, 6.45) is 0.958. The molecule has 2 unspecified atom stereocenters. The van der Waals surface area contributed by atoms with Crippen molar-refractivity contribution in [1.82, 2.24) is 10.6 Å². The maximum Gasteiger partial charge on any atom is 0.251 e. The lowest BCUT2D eigenvalue weighted by molar-refractivity contribution is 0.0913. The van der Waals surface area contributed by atoms with Crippen molar-refractivity contribution in [3.05, 3.63) is 64.7 Å². The van der Waals surface area contributed by atoms with Crippen LogP contribution in [-0.4, -0.2) is 25.0 Å². The lowest BCUT2D eigenvalue weighted by Gasteiger charge is -2.30. The first-order chi connectivity index (χ1) is 12.1. The molecular weight excluding hydrogens is 336 g/mol. The highest BCUT2D eigenvalue weighted by Gasteiger charge is 2.23. The Morgan fingerprint density at radius 3 is 2.84 bits per heavy atom. The van der Waals surface area contributed by atoms with Crippen LogP contribution in [-0.2, 0) is 6.61 Å². The average Bonchev–Trinajstić information content (AvgIpc) is 2.63. The molecule has 1 aliphatic rings. The van der Waals surface area contributed by atoms with Crippen LogP contribution in [0.5, 0.6) is 5.75 Å². The summed E-state index contributed by atoms with van der Waals surface area (Å²) in [4.78, 5) is 12.5. The van der Waals surface area contributed by atoms with E-state index in [0.29, 0.717) is 28.9 Å². The molecule has 1 heterocycles. The molecule has 2 aromatic rings. The van der Waals surface area contributed by atoms with Gasteiger partial charge in [0.15, 0.2) is 0 Å². The predicted molar refractivity (Wildman–Crippen MR) is 100 cm³/mol. The van der Waals surface area contributed by atoms with Gasteiger partial charge in [0.2, 0.25) is 0 Å². The second-order valence-corrected chi connectivity index (χ2v) is 6.93. The van der Waals surface area contributed by atoms with Crippen molar-refractivity contribution in [1.29, 1.82) is 0 Å². The number of amides is 1. The zero-order chi connectivity index (χ0) is 17.6. The molecule has 0 radical (unpaired) electrons. The first-order valence-corrected chi connectivity index (χ1v) is 8.98. The summed E-state index contributed by atoms with van der Waals surface area (Å²) < 4.78 is 5.80. The molecule has 0 spiro atoms. The van der Waals surface area contributed by atoms with Crippen molar-refractivity contribution < 1.29 is 9.53 Å². The molecule has 4 nitrogen and oxygen atoms in total. The quantitative estimate of drug-likeness (QED) is 0.857. The Labute approximate surface area is 153 Å². The van der Waals surface area contributed by atoms with E-state index in [1.54, 1.807) is 6.07 Å². The van der Waals surface area contributed by atoms with Gasteiger partial charge in [-0.15, -0.1) is 0 Å². The maximum absolute atomic E-state index is 12.5. The number of hydrogen-bond acceptors (Lipinski definition) is 3. The Bertz CT molecular complexity index is 718. The van der Waals surface area contributed by atoms with E-state index >= 15 is 0 Å². The molecule has 2 atom stereocenters. The SMILES string of the molecule is CC1CNCCC1NC(=O)c1cccc(OCc2ccc(Cl)cc2)c1. The molecule has 5 heteroatoms. The smallest absolute Gasteiger partial charge is 0.251 e. The molecule has 0 aromatic heterocycles. The van der Waals surface area contributed by atoms with Gasteiger partial charge in [0.05, 0.1) is 0 Å². The highest BCUT2D eigenvalue weighted by molar-refractivity contribution is 6.30. The van der Waals surface area contributed by atoms with Crippen LogP contribution in [0, 0.1) is 5.92 Å². The summed E-state index contributed by atoms with van der Waals surface area (Å²) in [7, 11) is 0. The molecule has 2 aromatic carbocycles. The zero-order valence-electron chi connectivity index (χ0n) is 14.3. The fourth-order valence-electron chi connectivity index (χ4n) is 2.95. The summed E-state index contributed by atoms with van der Waals surface area (Å²) in [5, 5.41) is 7.19. The van der Waals surface area contributed by atoms with Crippen LogP contribution in [0.1, 0.15) is 29.3 Å². The number of rotatable bonds is 5. The summed E-state index contributed by atoms with van der Waals surface area (Å²) in [5.41, 5.74) is 1.65. The van der Waals surface area contributed by atoms with Gasteiger partial charge in [-0.25, -0.2) is 0 Å². The number of ether oxygens (including phenoxy) is 1. The third-order valence-electron chi connectivity index (χ3n) is 4.52. The van der Waals surface area contributed by atoms with Crippen LogP contribution >= 0.6 is 11.6 Å². The lowest BCUT2D eigenvalue weighted by Crippen LogP contribution is -2.48. The van der Waals surface area contributed by atoms with Crippen LogP contribution in [0.15, 0.2) is 48.5 Å². The molecule has 0 saturated carbocycles. The molecule has 1 amide bonds. The number of piperidine rings is 1. The van der Waals surface area contributed by atoms with Gasteiger partial charge in [0.1, 0.15) is 12.4 Å². The van der Waals surface area contributed by atoms with Crippen LogP contribution in [0.2, 0.25) is 5.02 Å². The minimum absolute atomic E-state index is 0.0457. The van der Waals surface area contributed by atoms with Crippen LogP contribution in [0.3, 0.4) is 0 Å². The fourth-order valence-corrected chi connectivity index (χ4v) is 3.08. The molecule has 1 saturated heterocycles. The molecule has 0 bridgehead atoms. The fraction of sp³-hybridized carbons (Fsp3) is 0.350. The van der Waals surface area contributed by atoms with Gasteiger partial charge >= 0.3 is 0 Å². The number of carbonyl (C=O) groups is 1. The third-order valence-corrected chi connectivity index (χ3v) is 4.77. The van der Waals surface area contributed by atoms with Crippen molar-refractivity contribution >= 4 is 17.5 Å². The molecule has 1 fully saturated rings. The van der Waals surface area contributed by atoms with E-state index in [1.165, 1.54) is 0 Å². The normalized spacial score (nSPS) is 20.1. The Balaban J connectivity index is 1.60. The monoisotopic (exact) mass is 358 g/mol. The second kappa shape index (κ2) is 8.37. The van der Waals surface area contributed by atoms with Gasteiger partial charge in [-0.05, 0) is 61.3 Å². The maximum atomic E-state index is 12.5. The second-order valence-electron chi connectivity index (χ2n) is 6.49. The number of hydrogen-bond donors (Lipinski definition) is 2. The van der Waals surface area contributed by atoms with Crippen LogP contribution < -0.4 is 15.4 Å². The largest absolute Gasteiger partial charge is 0.489 e. The first-order valence-electron chi connectivity index (χ1n) is 8.61. The molecule has 3 rings (SSSR count). The first kappa shape index (κ1) is 17.8. The molecule has 132 valence electrons. The van der Waals surface area contributed by atoms with E-state index in [4.69, 9.17) is 16.3 Å². The van der Waals surface area contributed by atoms with Gasteiger partial charge in [0.25, 0.3) is 5.91 Å². The number of benzene rings is 2. The molecule has 2 N–H and O–H groups in total. The molecular formula is C20H23ClN2O2. The van der Waals surface area contributed by atoms with Gasteiger partial charge < -0.3 is 15.4 Å². The highest BCUT2D eigenvalue weighted by atomic mass is 35.5. The van der Waals surface area contributed by atoms with E-state index in [2.05, 4.69) is 17.6 Å². The van der Waals surface area contributed by atoms with Crippen LogP contribution in [0.25, 0.3) is 0 Å². The lowest BCUT2D eigenvalue weighted by atomic mass is 9.95. The van der Waals surface area contributed by atoms with Crippen molar-refractivity contribution in [2.45, 2.75) is 26.0 Å². The Morgan fingerprint density at radius 1 is 1.28 bits per heavy atom. The Morgan fingerprint density at radius 2 is 2.08 bits per heavy atom. The van der Waals surface area contributed by atoms with E-state index in [-0.39, 0.29) is 11.9 Å². The number of halogens is 1. The Kier molecular flexibility index (Phi) is 5.95. The Hall–Kier alpha value is -2.04. The van der Waals surface area contributed by atoms with Crippen molar-refractivity contribution in [3.8, 4) is 5.75 Å². The van der Waals surface area contributed by atoms with E-state index in [0.717, 1.165) is 25.1 Å². The molecule has 0 aliphatic carbocycles. The number of carbonyl (C=O) groups excluding carboxylic acids is 1. The minimum Gasteiger partial charge on any atom is -0.489 e. The summed E-state index contributed by atoms with van der Waals surface area (Å²) in [6, 6.07) is 15.1. The highest BCUT2D eigenvalue weighted by Crippen LogP contribution is 2.17. The van der Waals surface area contributed by atoms with Crippen molar-refractivity contribution in [3.63, 3.8) is 0 Å². The van der Waals surface area contributed by atoms with E-state index < -0.39 is 0 Å². The van der Waals surface area contributed by atoms with Crippen molar-refractivity contribution in [2.75, 3.05) is 13.1 Å². The van der Waals surface area contributed by atoms with Gasteiger partial charge in [-0.1, -0.05) is 36.7 Å². The third kappa shape index (κ3) is 4.97. The van der Waals surface area contributed by atoms with Gasteiger partial charge in [-0.2, -0.15) is 0 Å². The molecule has 25 heavy (non-hydrogen) atoms. The van der Waals surface area contributed by atoms with Gasteiger partial charge in [0, 0.05) is 16.6 Å². The van der Waals surface area contributed by atoms with E-state index in [9.17, 15) is 4.79 Å². The van der Waals surface area contributed by atoms with Crippen LogP contribution in [0.4, 0.5) is 0 Å². The zero-order valence-corrected chi connectivity index (χ0v) is 15.1. The minimum atomic E-state index is -0.0457. The average molecular weight is 359 g/mol. The van der Waals surface area contributed by atoms with Gasteiger partial charge in [-0.3, -0.25) is 4.79 Å². The predicted octanol–water partition coefficient (Wildman–Crippen LogP) is 3.65. The standard InChI is InChI=1S/C20H23ClN2O2/c1-14-12-22-10-9-19(14)23-20(24)16-3-2-4-18(11-16)25-13-15-5-7-17(21)8-6-15/h2-8,11,14,19,22H,9-10,12-13H2,1H3,(H,23,24). The summed E-state index contributed by atoms with van der Waals surface area (Å²) >= 11 is 5.89. The summed E-state index contributed by atoms with van der Waals surface area (Å²) in [5.74, 6) is 1.07. The summed E-state index contributed by atoms with van der Waals surface area (Å²) in [6.45, 7) is 4.48. The topological polar surface area (TPSA) is 50.4 Å². The van der Waals surface area contributed by atoms with Crippen molar-refractivity contribution in [2.24, 2.45) is 5.92 Å². The number of nitrogens with one attached hydrogen (secondary N) is 2.